The fraction of sp³-hybridized carbons (Fsp3) is 0.391. The molecule has 30 heavy (non-hydrogen) atoms. The zero-order valence-electron chi connectivity index (χ0n) is 17.4. The number of hydrogen-bond acceptors (Lipinski definition) is 6. The Hall–Kier alpha value is -2.74. The maximum Gasteiger partial charge on any atom is 0.236 e. The summed E-state index contributed by atoms with van der Waals surface area (Å²) in [4.78, 5) is 27.9. The Kier molecular flexibility index (Phi) is 7.57. The summed E-state index contributed by atoms with van der Waals surface area (Å²) in [5, 5.41) is 0. The number of ether oxygens (including phenoxy) is 4. The van der Waals surface area contributed by atoms with E-state index in [1.807, 2.05) is 18.2 Å². The van der Waals surface area contributed by atoms with Crippen LogP contribution in [-0.4, -0.2) is 58.1 Å². The summed E-state index contributed by atoms with van der Waals surface area (Å²) >= 11 is 0. The number of hydrogen-bond donors (Lipinski definition) is 0. The minimum atomic E-state index is -0.651. The molecule has 1 fully saturated rings. The topological polar surface area (TPSA) is 74.3 Å². The highest BCUT2D eigenvalue weighted by Crippen LogP contribution is 2.38. The first-order valence-electron chi connectivity index (χ1n) is 9.83. The van der Waals surface area contributed by atoms with Gasteiger partial charge >= 0.3 is 0 Å². The molecule has 7 heteroatoms. The van der Waals surface area contributed by atoms with Gasteiger partial charge in [0.05, 0.1) is 32.3 Å². The van der Waals surface area contributed by atoms with Crippen LogP contribution in [0.2, 0.25) is 0 Å². The van der Waals surface area contributed by atoms with Gasteiger partial charge in [0.1, 0.15) is 18.6 Å². The third-order valence-corrected chi connectivity index (χ3v) is 5.17. The summed E-state index contributed by atoms with van der Waals surface area (Å²) in [6.45, 7) is 2.68. The van der Waals surface area contributed by atoms with E-state index in [4.69, 9.17) is 18.9 Å². The van der Waals surface area contributed by atoms with Crippen LogP contribution in [-0.2, 0) is 19.0 Å². The van der Waals surface area contributed by atoms with E-state index >= 15 is 0 Å². The average molecular weight is 413 g/mol. The number of Topliss-reactive ketones (excluding diaryl/α,β-unsaturated/α-hetero) is 1. The maximum absolute atomic E-state index is 13.3. The van der Waals surface area contributed by atoms with Gasteiger partial charge in [-0.1, -0.05) is 30.3 Å². The first kappa shape index (κ1) is 22.0. The molecule has 1 aliphatic heterocycles. The standard InChI is InChI=1S/C23H27NO6/c1-16(30-15-29-14-13-27-2)20-21(22(25)17-7-5-4-6-8-17)24(23(20)26)18-9-11-19(28-3)12-10-18/h4-12,16,20-21H,13-15H2,1-3H3/t16-,20-,21+/m1/s1. The molecule has 1 heterocycles. The van der Waals surface area contributed by atoms with Crippen LogP contribution in [0.25, 0.3) is 0 Å². The predicted octanol–water partition coefficient (Wildman–Crippen LogP) is 2.94. The van der Waals surface area contributed by atoms with Crippen LogP contribution < -0.4 is 9.64 Å². The summed E-state index contributed by atoms with van der Waals surface area (Å²) in [5.74, 6) is -0.185. The molecule has 0 aliphatic carbocycles. The summed E-state index contributed by atoms with van der Waals surface area (Å²) in [6.07, 6.45) is -0.479. The lowest BCUT2D eigenvalue weighted by Crippen LogP contribution is -2.68. The van der Waals surface area contributed by atoms with Crippen LogP contribution in [0.5, 0.6) is 5.75 Å². The van der Waals surface area contributed by atoms with Crippen LogP contribution in [0.3, 0.4) is 0 Å². The maximum atomic E-state index is 13.3. The van der Waals surface area contributed by atoms with E-state index < -0.39 is 18.1 Å². The first-order chi connectivity index (χ1) is 14.6. The molecule has 2 aromatic rings. The van der Waals surface area contributed by atoms with Crippen molar-refractivity contribution in [3.8, 4) is 5.75 Å². The molecule has 0 bridgehead atoms. The Morgan fingerprint density at radius 1 is 1.03 bits per heavy atom. The molecular formula is C23H27NO6. The first-order valence-corrected chi connectivity index (χ1v) is 9.83. The van der Waals surface area contributed by atoms with Gasteiger partial charge in [0, 0.05) is 18.4 Å². The van der Waals surface area contributed by atoms with E-state index in [0.29, 0.717) is 30.2 Å². The predicted molar refractivity (Wildman–Crippen MR) is 112 cm³/mol. The summed E-state index contributed by atoms with van der Waals surface area (Å²) in [6, 6.07) is 15.4. The van der Waals surface area contributed by atoms with Crippen LogP contribution in [0.4, 0.5) is 5.69 Å². The third kappa shape index (κ3) is 4.70. The molecule has 0 spiro atoms. The minimum Gasteiger partial charge on any atom is -0.497 e. The lowest BCUT2D eigenvalue weighted by Gasteiger charge is -2.48. The highest BCUT2D eigenvalue weighted by Gasteiger charge is 2.54. The minimum absolute atomic E-state index is 0.0308. The Labute approximate surface area is 176 Å². The van der Waals surface area contributed by atoms with Crippen LogP contribution in [0, 0.1) is 5.92 Å². The van der Waals surface area contributed by atoms with Crippen molar-refractivity contribution in [2.75, 3.05) is 39.1 Å². The summed E-state index contributed by atoms with van der Waals surface area (Å²) < 4.78 is 21.2. The van der Waals surface area contributed by atoms with Gasteiger partial charge in [0.15, 0.2) is 5.78 Å². The molecule has 1 saturated heterocycles. The van der Waals surface area contributed by atoms with Crippen molar-refractivity contribution in [1.29, 1.82) is 0 Å². The molecular weight excluding hydrogens is 386 g/mol. The number of nitrogens with zero attached hydrogens (tertiary/aromatic N) is 1. The molecule has 7 nitrogen and oxygen atoms in total. The number of methoxy groups -OCH3 is 2. The summed E-state index contributed by atoms with van der Waals surface area (Å²) in [5.41, 5.74) is 1.21. The molecule has 160 valence electrons. The van der Waals surface area contributed by atoms with E-state index in [1.54, 1.807) is 57.5 Å². The van der Waals surface area contributed by atoms with Crippen LogP contribution in [0.1, 0.15) is 17.3 Å². The third-order valence-electron chi connectivity index (χ3n) is 5.17. The second-order valence-electron chi connectivity index (χ2n) is 7.00. The van der Waals surface area contributed by atoms with Crippen molar-refractivity contribution in [2.24, 2.45) is 5.92 Å². The van der Waals surface area contributed by atoms with Crippen molar-refractivity contribution in [1.82, 2.24) is 0 Å². The average Bonchev–Trinajstić information content (AvgIpc) is 2.78. The Balaban J connectivity index is 1.79. The van der Waals surface area contributed by atoms with Crippen LogP contribution >= 0.6 is 0 Å². The molecule has 0 aromatic heterocycles. The van der Waals surface area contributed by atoms with Crippen molar-refractivity contribution in [2.45, 2.75) is 19.1 Å². The highest BCUT2D eigenvalue weighted by atomic mass is 16.7. The number of benzene rings is 2. The normalized spacial score (nSPS) is 19.3. The Morgan fingerprint density at radius 2 is 1.73 bits per heavy atom. The second kappa shape index (κ2) is 10.3. The zero-order valence-corrected chi connectivity index (χ0v) is 17.4. The number of rotatable bonds is 11. The number of anilines is 1. The monoisotopic (exact) mass is 413 g/mol. The van der Waals surface area contributed by atoms with Gasteiger partial charge in [-0.25, -0.2) is 0 Å². The number of carbonyl (C=O) groups excluding carboxylic acids is 2. The lowest BCUT2D eigenvalue weighted by atomic mass is 9.78. The highest BCUT2D eigenvalue weighted by molar-refractivity contribution is 6.17. The number of ketones is 1. The second-order valence-corrected chi connectivity index (χ2v) is 7.00. The molecule has 3 rings (SSSR count). The molecule has 0 radical (unpaired) electrons. The lowest BCUT2D eigenvalue weighted by molar-refractivity contribution is -0.146. The quantitative estimate of drug-likeness (QED) is 0.244. The van der Waals surface area contributed by atoms with Crippen molar-refractivity contribution < 1.29 is 28.5 Å². The molecule has 0 unspecified atom stereocenters. The van der Waals surface area contributed by atoms with E-state index in [2.05, 4.69) is 0 Å². The van der Waals surface area contributed by atoms with Gasteiger partial charge in [-0.3, -0.25) is 9.59 Å². The van der Waals surface area contributed by atoms with Gasteiger partial charge < -0.3 is 23.8 Å². The van der Waals surface area contributed by atoms with Gasteiger partial charge in [-0.2, -0.15) is 0 Å². The summed E-state index contributed by atoms with van der Waals surface area (Å²) in [7, 11) is 3.17. The number of carbonyl (C=O) groups is 2. The molecule has 1 aliphatic rings. The molecule has 3 atom stereocenters. The van der Waals surface area contributed by atoms with E-state index in [9.17, 15) is 9.59 Å². The van der Waals surface area contributed by atoms with E-state index in [-0.39, 0.29) is 18.5 Å². The van der Waals surface area contributed by atoms with Gasteiger partial charge in [-0.05, 0) is 31.2 Å². The molecule has 0 saturated carbocycles. The van der Waals surface area contributed by atoms with Gasteiger partial charge in [0.2, 0.25) is 5.91 Å². The Morgan fingerprint density at radius 3 is 2.37 bits per heavy atom. The van der Waals surface area contributed by atoms with Crippen molar-refractivity contribution in [3.05, 3.63) is 60.2 Å². The number of β-lactam (4-membered cyclic amide) rings is 1. The van der Waals surface area contributed by atoms with E-state index in [1.165, 1.54) is 4.90 Å². The smallest absolute Gasteiger partial charge is 0.236 e. The van der Waals surface area contributed by atoms with E-state index in [0.717, 1.165) is 0 Å². The largest absolute Gasteiger partial charge is 0.497 e. The Bertz CT molecular complexity index is 839. The zero-order chi connectivity index (χ0) is 21.5. The molecule has 0 N–H and O–H groups in total. The van der Waals surface area contributed by atoms with Crippen LogP contribution in [0.15, 0.2) is 54.6 Å². The number of amides is 1. The van der Waals surface area contributed by atoms with Crippen molar-refractivity contribution >= 4 is 17.4 Å². The fourth-order valence-corrected chi connectivity index (χ4v) is 3.51. The molecule has 2 aromatic carbocycles. The molecule has 1 amide bonds. The van der Waals surface area contributed by atoms with Gasteiger partial charge in [0.25, 0.3) is 0 Å². The fourth-order valence-electron chi connectivity index (χ4n) is 3.51. The van der Waals surface area contributed by atoms with Crippen molar-refractivity contribution in [3.63, 3.8) is 0 Å². The SMILES string of the molecule is COCCOCO[C@H](C)[C@H]1C(=O)N(c2ccc(OC)cc2)[C@@H]1C(=O)c1ccccc1. The van der Waals surface area contributed by atoms with Gasteiger partial charge in [-0.15, -0.1) is 0 Å².